The lowest BCUT2D eigenvalue weighted by atomic mass is 10.2. The molecule has 15 heavy (non-hydrogen) atoms. The Balaban J connectivity index is 2.66. The maximum atomic E-state index is 10.4. The quantitative estimate of drug-likeness (QED) is 0.844. The Morgan fingerprint density at radius 2 is 2.33 bits per heavy atom. The molecule has 1 rings (SSSR count). The second kappa shape index (κ2) is 5.16. The molecule has 1 aromatic rings. The molecule has 1 aromatic heterocycles. The van der Waals surface area contributed by atoms with Crippen LogP contribution in [0.3, 0.4) is 0 Å². The lowest BCUT2D eigenvalue weighted by Crippen LogP contribution is -2.06. The molecule has 0 aliphatic rings. The van der Waals surface area contributed by atoms with Gasteiger partial charge in [-0.05, 0) is 12.3 Å². The predicted octanol–water partition coefficient (Wildman–Crippen LogP) is 2.21. The molecule has 0 amide bonds. The van der Waals surface area contributed by atoms with Gasteiger partial charge in [-0.15, -0.1) is 0 Å². The summed E-state index contributed by atoms with van der Waals surface area (Å²) in [4.78, 5) is 10.4. The molecule has 0 saturated heterocycles. The molecule has 0 unspecified atom stereocenters. The summed E-state index contributed by atoms with van der Waals surface area (Å²) in [6.45, 7) is 4.91. The van der Waals surface area contributed by atoms with E-state index < -0.39 is 5.97 Å². The van der Waals surface area contributed by atoms with Gasteiger partial charge < -0.3 is 5.11 Å². The van der Waals surface area contributed by atoms with Crippen LogP contribution in [0.1, 0.15) is 25.8 Å². The molecule has 0 aliphatic carbocycles. The number of nitrogens with zero attached hydrogens (tertiary/aromatic N) is 2. The van der Waals surface area contributed by atoms with Gasteiger partial charge in [0, 0.05) is 18.5 Å². The van der Waals surface area contributed by atoms with Crippen molar-refractivity contribution in [2.75, 3.05) is 0 Å². The summed E-state index contributed by atoms with van der Waals surface area (Å²) in [7, 11) is 0. The van der Waals surface area contributed by atoms with Gasteiger partial charge in [-0.25, -0.2) is 0 Å². The fraction of sp³-hybridized carbons (Fsp3) is 0.600. The lowest BCUT2D eigenvalue weighted by molar-refractivity contribution is -0.136. The molecule has 0 bridgehead atoms. The van der Waals surface area contributed by atoms with E-state index in [2.05, 4.69) is 18.9 Å². The van der Waals surface area contributed by atoms with Crippen LogP contribution in [0, 0.1) is 5.92 Å². The van der Waals surface area contributed by atoms with E-state index in [0.29, 0.717) is 17.5 Å². The van der Waals surface area contributed by atoms with Gasteiger partial charge >= 0.3 is 5.97 Å². The van der Waals surface area contributed by atoms with Crippen LogP contribution in [0.5, 0.6) is 0 Å². The third-order valence-corrected chi connectivity index (χ3v) is 2.43. The molecular weight excluding hydrogens is 216 g/mol. The molecule has 0 aromatic carbocycles. The van der Waals surface area contributed by atoms with Crippen LogP contribution in [0.15, 0.2) is 6.20 Å². The number of halogens is 1. The fourth-order valence-electron chi connectivity index (χ4n) is 1.29. The smallest absolute Gasteiger partial charge is 0.303 e. The molecule has 0 fully saturated rings. The van der Waals surface area contributed by atoms with E-state index in [0.717, 1.165) is 12.1 Å². The molecule has 0 atom stereocenters. The first-order chi connectivity index (χ1) is 7.00. The number of aryl methyl sites for hydroxylation is 1. The average Bonchev–Trinajstić information content (AvgIpc) is 2.44. The SMILES string of the molecule is CC(C)Cn1ncc(CCC(=O)O)c1Cl. The van der Waals surface area contributed by atoms with Crippen molar-refractivity contribution in [3.05, 3.63) is 16.9 Å². The number of carbonyl (C=O) groups is 1. The van der Waals surface area contributed by atoms with Gasteiger partial charge in [-0.2, -0.15) is 5.10 Å². The molecule has 84 valence electrons. The second-order valence-electron chi connectivity index (χ2n) is 3.93. The van der Waals surface area contributed by atoms with E-state index in [1.807, 2.05) is 0 Å². The van der Waals surface area contributed by atoms with Gasteiger partial charge in [0.25, 0.3) is 0 Å². The number of hydrogen-bond acceptors (Lipinski definition) is 2. The van der Waals surface area contributed by atoms with Crippen molar-refractivity contribution in [2.24, 2.45) is 5.92 Å². The molecule has 1 N–H and O–H groups in total. The second-order valence-corrected chi connectivity index (χ2v) is 4.29. The third kappa shape index (κ3) is 3.55. The van der Waals surface area contributed by atoms with Gasteiger partial charge in [-0.3, -0.25) is 9.48 Å². The number of rotatable bonds is 5. The summed E-state index contributed by atoms with van der Waals surface area (Å²) in [5.74, 6) is -0.350. The van der Waals surface area contributed by atoms with E-state index in [9.17, 15) is 4.79 Å². The number of hydrogen-bond donors (Lipinski definition) is 1. The summed E-state index contributed by atoms with van der Waals surface area (Å²) in [6.07, 6.45) is 2.17. The van der Waals surface area contributed by atoms with Gasteiger partial charge in [0.1, 0.15) is 5.15 Å². The highest BCUT2D eigenvalue weighted by molar-refractivity contribution is 6.30. The standard InChI is InChI=1S/C10H15ClN2O2/c1-7(2)6-13-10(11)8(5-12-13)3-4-9(14)15/h5,7H,3-4,6H2,1-2H3,(H,14,15). The van der Waals surface area contributed by atoms with E-state index in [1.165, 1.54) is 0 Å². The predicted molar refractivity (Wildman–Crippen MR) is 58.0 cm³/mol. The minimum Gasteiger partial charge on any atom is -0.481 e. The molecule has 0 saturated carbocycles. The van der Waals surface area contributed by atoms with Gasteiger partial charge in [0.05, 0.1) is 6.20 Å². The van der Waals surface area contributed by atoms with Crippen molar-refractivity contribution in [3.8, 4) is 0 Å². The average molecular weight is 231 g/mol. The molecule has 0 radical (unpaired) electrons. The largest absolute Gasteiger partial charge is 0.481 e. The fourth-order valence-corrected chi connectivity index (χ4v) is 1.55. The minimum atomic E-state index is -0.817. The van der Waals surface area contributed by atoms with Crippen LogP contribution in [-0.2, 0) is 17.8 Å². The summed E-state index contributed by atoms with van der Waals surface area (Å²) in [6, 6.07) is 0. The Morgan fingerprint density at radius 3 is 2.87 bits per heavy atom. The van der Waals surface area contributed by atoms with Gasteiger partial charge in [0.15, 0.2) is 0 Å². The van der Waals surface area contributed by atoms with Crippen molar-refractivity contribution in [2.45, 2.75) is 33.2 Å². The lowest BCUT2D eigenvalue weighted by Gasteiger charge is -2.06. The molecular formula is C10H15ClN2O2. The highest BCUT2D eigenvalue weighted by atomic mass is 35.5. The summed E-state index contributed by atoms with van der Waals surface area (Å²) in [5.41, 5.74) is 0.805. The van der Waals surface area contributed by atoms with Gasteiger partial charge in [-0.1, -0.05) is 25.4 Å². The van der Waals surface area contributed by atoms with Crippen molar-refractivity contribution in [3.63, 3.8) is 0 Å². The number of aromatic nitrogens is 2. The van der Waals surface area contributed by atoms with Gasteiger partial charge in [0.2, 0.25) is 0 Å². The first-order valence-corrected chi connectivity index (χ1v) is 5.30. The normalized spacial score (nSPS) is 10.9. The van der Waals surface area contributed by atoms with Crippen molar-refractivity contribution in [1.82, 2.24) is 9.78 Å². The van der Waals surface area contributed by atoms with Crippen LogP contribution in [0.2, 0.25) is 5.15 Å². The first-order valence-electron chi connectivity index (χ1n) is 4.92. The van der Waals surface area contributed by atoms with E-state index in [1.54, 1.807) is 10.9 Å². The highest BCUT2D eigenvalue weighted by Gasteiger charge is 2.10. The van der Waals surface area contributed by atoms with Crippen molar-refractivity contribution >= 4 is 17.6 Å². The Labute approximate surface area is 93.9 Å². The number of aliphatic carboxylic acids is 1. The number of carboxylic acid groups (broad SMARTS) is 1. The van der Waals surface area contributed by atoms with Crippen molar-refractivity contribution < 1.29 is 9.90 Å². The van der Waals surface area contributed by atoms with Crippen molar-refractivity contribution in [1.29, 1.82) is 0 Å². The molecule has 1 heterocycles. The maximum absolute atomic E-state index is 10.4. The molecule has 0 aliphatic heterocycles. The van der Waals surface area contributed by atoms with E-state index >= 15 is 0 Å². The van der Waals surface area contributed by atoms with Crippen LogP contribution in [-0.4, -0.2) is 20.9 Å². The molecule has 0 spiro atoms. The summed E-state index contributed by atoms with van der Waals surface area (Å²) < 4.78 is 1.71. The summed E-state index contributed by atoms with van der Waals surface area (Å²) in [5, 5.41) is 13.2. The molecule has 4 nitrogen and oxygen atoms in total. The monoisotopic (exact) mass is 230 g/mol. The zero-order valence-corrected chi connectivity index (χ0v) is 9.66. The van der Waals surface area contributed by atoms with Crippen LogP contribution in [0.25, 0.3) is 0 Å². The topological polar surface area (TPSA) is 55.1 Å². The Kier molecular flexibility index (Phi) is 4.15. The third-order valence-electron chi connectivity index (χ3n) is 1.99. The van der Waals surface area contributed by atoms with Crippen LogP contribution >= 0.6 is 11.6 Å². The molecule has 5 heteroatoms. The highest BCUT2D eigenvalue weighted by Crippen LogP contribution is 2.18. The van der Waals surface area contributed by atoms with Crippen LogP contribution in [0.4, 0.5) is 0 Å². The van der Waals surface area contributed by atoms with E-state index in [-0.39, 0.29) is 6.42 Å². The number of carboxylic acids is 1. The summed E-state index contributed by atoms with van der Waals surface area (Å²) >= 11 is 6.06. The van der Waals surface area contributed by atoms with Crippen LogP contribution < -0.4 is 0 Å². The Morgan fingerprint density at radius 1 is 1.67 bits per heavy atom. The maximum Gasteiger partial charge on any atom is 0.303 e. The zero-order chi connectivity index (χ0) is 11.4. The van der Waals surface area contributed by atoms with E-state index in [4.69, 9.17) is 16.7 Å². The Hall–Kier alpha value is -1.03. The minimum absolute atomic E-state index is 0.0904. The zero-order valence-electron chi connectivity index (χ0n) is 8.90. The Bertz CT molecular complexity index is 347. The first kappa shape index (κ1) is 12.0.